The summed E-state index contributed by atoms with van der Waals surface area (Å²) in [5.41, 5.74) is 0. The molecule has 0 spiro atoms. The zero-order valence-electron chi connectivity index (χ0n) is 11.0. The van der Waals surface area contributed by atoms with Crippen LogP contribution < -0.4 is 0 Å². The topological polar surface area (TPSA) is 0 Å². The van der Waals surface area contributed by atoms with Crippen LogP contribution in [0.25, 0.3) is 0 Å². The summed E-state index contributed by atoms with van der Waals surface area (Å²) in [6.45, 7) is 14.3. The van der Waals surface area contributed by atoms with Gasteiger partial charge >= 0.3 is 0 Å². The van der Waals surface area contributed by atoms with E-state index in [-0.39, 0.29) is 0 Å². The summed E-state index contributed by atoms with van der Waals surface area (Å²) in [6.07, 6.45) is 0. The van der Waals surface area contributed by atoms with Crippen LogP contribution >= 0.6 is 23.2 Å². The molecular weight excluding hydrogens is 275 g/mol. The fourth-order valence-electron chi connectivity index (χ4n) is 1.61. The Balaban J connectivity index is 4.18. The molecule has 0 saturated carbocycles. The second-order valence-corrected chi connectivity index (χ2v) is 19.8. The molecule has 2 unspecified atom stereocenters. The highest BCUT2D eigenvalue weighted by molar-refractivity contribution is 6.83. The van der Waals surface area contributed by atoms with Gasteiger partial charge in [0.15, 0.2) is 0 Å². The van der Waals surface area contributed by atoms with Gasteiger partial charge in [-0.25, -0.2) is 0 Å². The molecule has 0 N–H and O–H groups in total. The third-order valence-corrected chi connectivity index (χ3v) is 14.2. The Morgan fingerprint density at radius 2 is 1.13 bits per heavy atom. The molecule has 5 heteroatoms. The van der Waals surface area contributed by atoms with Gasteiger partial charge in [0.25, 0.3) is 0 Å². The molecule has 0 saturated heterocycles. The fourth-order valence-corrected chi connectivity index (χ4v) is 14.0. The van der Waals surface area contributed by atoms with E-state index >= 15 is 0 Å². The lowest BCUT2D eigenvalue weighted by atomic mass is 10.9. The van der Waals surface area contributed by atoms with Crippen LogP contribution in [-0.4, -0.2) is 35.7 Å². The van der Waals surface area contributed by atoms with Crippen molar-refractivity contribution < 1.29 is 0 Å². The molecule has 0 aliphatic rings. The van der Waals surface area contributed by atoms with Crippen LogP contribution in [0.15, 0.2) is 0 Å². The molecule has 92 valence electrons. The lowest BCUT2D eigenvalue weighted by molar-refractivity contribution is 1.15. The first-order chi connectivity index (χ1) is 6.65. The maximum absolute atomic E-state index is 6.43. The third-order valence-electron chi connectivity index (χ3n) is 2.94. The molecule has 0 aliphatic heterocycles. The van der Waals surface area contributed by atoms with Crippen molar-refractivity contribution in [2.75, 3.05) is 0 Å². The fraction of sp³-hybridized carbons (Fsp3) is 1.00. The second kappa shape index (κ2) is 6.84. The van der Waals surface area contributed by atoms with Gasteiger partial charge < -0.3 is 0 Å². The van der Waals surface area contributed by atoms with Crippen LogP contribution in [-0.2, 0) is 0 Å². The summed E-state index contributed by atoms with van der Waals surface area (Å²) in [5.74, 6) is 0. The number of halogens is 2. The summed E-state index contributed by atoms with van der Waals surface area (Å²) >= 11 is 12.9. The van der Waals surface area contributed by atoms with Crippen LogP contribution in [0.3, 0.4) is 0 Å². The highest BCUT2D eigenvalue weighted by Crippen LogP contribution is 2.26. The van der Waals surface area contributed by atoms with Gasteiger partial charge in [0, 0.05) is 18.1 Å². The van der Waals surface area contributed by atoms with Gasteiger partial charge in [0.05, 0.1) is 17.6 Å². The second-order valence-electron chi connectivity index (χ2n) is 6.09. The van der Waals surface area contributed by atoms with E-state index < -0.39 is 25.7 Å². The average molecular weight is 301 g/mol. The molecule has 0 amide bonds. The van der Waals surface area contributed by atoms with E-state index in [9.17, 15) is 0 Å². The third kappa shape index (κ3) is 7.21. The van der Waals surface area contributed by atoms with Gasteiger partial charge in [-0.15, -0.1) is 23.2 Å². The normalized spacial score (nSPS) is 17.2. The molecule has 0 bridgehead atoms. The minimum absolute atomic E-state index is 0.476. The first kappa shape index (κ1) is 16.2. The van der Waals surface area contributed by atoms with E-state index in [0.717, 1.165) is 0 Å². The molecule has 2 atom stereocenters. The molecule has 15 heavy (non-hydrogen) atoms. The van der Waals surface area contributed by atoms with E-state index in [4.69, 9.17) is 23.2 Å². The van der Waals surface area contributed by atoms with Gasteiger partial charge in [0.1, 0.15) is 0 Å². The van der Waals surface area contributed by atoms with E-state index in [2.05, 4.69) is 39.3 Å². The zero-order chi connectivity index (χ0) is 12.2. The predicted molar refractivity (Wildman–Crippen MR) is 84.1 cm³/mol. The summed E-state index contributed by atoms with van der Waals surface area (Å²) in [5, 5.41) is 0.953. The highest BCUT2D eigenvalue weighted by Gasteiger charge is 2.29. The SMILES string of the molecule is C[SiH](C)C(Cl)C[Si](C)(C)CC(Cl)[SiH](C)C. The Bertz CT molecular complexity index is 166. The van der Waals surface area contributed by atoms with Crippen LogP contribution in [0.4, 0.5) is 0 Å². The van der Waals surface area contributed by atoms with Crippen LogP contribution in [0, 0.1) is 0 Å². The molecule has 0 aromatic rings. The van der Waals surface area contributed by atoms with Crippen LogP contribution in [0.5, 0.6) is 0 Å². The molecular formula is C10H26Cl2Si3. The van der Waals surface area contributed by atoms with Gasteiger partial charge in [-0.1, -0.05) is 39.3 Å². The molecule has 0 aromatic carbocycles. The Kier molecular flexibility index (Phi) is 7.40. The molecule has 0 fully saturated rings. The summed E-state index contributed by atoms with van der Waals surface area (Å²) in [6, 6.07) is 2.53. The van der Waals surface area contributed by atoms with Gasteiger partial charge in [-0.2, -0.15) is 0 Å². The standard InChI is InChI=1S/C10H26Cl2Si3/c1-13(2)9(11)7-15(5,6)8-10(12)14(3)4/h9-10,13-14H,7-8H2,1-6H3. The van der Waals surface area contributed by atoms with Gasteiger partial charge in [-0.05, 0) is 12.1 Å². The van der Waals surface area contributed by atoms with Crippen molar-refractivity contribution in [1.82, 2.24) is 0 Å². The molecule has 0 radical (unpaired) electrons. The van der Waals surface area contributed by atoms with Crippen molar-refractivity contribution in [3.05, 3.63) is 0 Å². The lowest BCUT2D eigenvalue weighted by Gasteiger charge is -2.29. The smallest absolute Gasteiger partial charge is 0.0515 e. The maximum Gasteiger partial charge on any atom is 0.0515 e. The summed E-state index contributed by atoms with van der Waals surface area (Å²) in [4.78, 5) is 0. The largest absolute Gasteiger partial charge is 0.127 e. The Hall–Kier alpha value is 1.23. The monoisotopic (exact) mass is 300 g/mol. The van der Waals surface area contributed by atoms with Crippen molar-refractivity contribution >= 4 is 48.9 Å². The quantitative estimate of drug-likeness (QED) is 0.514. The first-order valence-electron chi connectivity index (χ1n) is 5.94. The molecule has 0 nitrogen and oxygen atoms in total. The van der Waals surface area contributed by atoms with Crippen molar-refractivity contribution in [2.24, 2.45) is 0 Å². The molecule has 0 aliphatic carbocycles. The average Bonchev–Trinajstić information content (AvgIpc) is 2.01. The highest BCUT2D eigenvalue weighted by atomic mass is 35.5. The maximum atomic E-state index is 6.43. The van der Waals surface area contributed by atoms with E-state index in [1.54, 1.807) is 0 Å². The summed E-state index contributed by atoms with van der Waals surface area (Å²) in [7, 11) is -2.48. The van der Waals surface area contributed by atoms with Crippen LogP contribution in [0.2, 0.25) is 51.4 Å². The number of hydrogen-bond acceptors (Lipinski definition) is 0. The van der Waals surface area contributed by atoms with E-state index in [1.165, 1.54) is 12.1 Å². The van der Waals surface area contributed by atoms with Gasteiger partial charge in [-0.3, -0.25) is 0 Å². The van der Waals surface area contributed by atoms with Crippen molar-refractivity contribution in [1.29, 1.82) is 0 Å². The molecule has 0 heterocycles. The lowest BCUT2D eigenvalue weighted by Crippen LogP contribution is -2.38. The molecule has 0 aromatic heterocycles. The van der Waals surface area contributed by atoms with Crippen LogP contribution in [0.1, 0.15) is 0 Å². The Morgan fingerprint density at radius 1 is 0.867 bits per heavy atom. The van der Waals surface area contributed by atoms with E-state index in [0.29, 0.717) is 10.0 Å². The number of hydrogen-bond donors (Lipinski definition) is 0. The van der Waals surface area contributed by atoms with Crippen molar-refractivity contribution in [2.45, 2.75) is 61.4 Å². The first-order valence-corrected chi connectivity index (χ1v) is 16.2. The Labute approximate surface area is 110 Å². The van der Waals surface area contributed by atoms with Gasteiger partial charge in [0.2, 0.25) is 0 Å². The zero-order valence-corrected chi connectivity index (χ0v) is 15.8. The van der Waals surface area contributed by atoms with Crippen molar-refractivity contribution in [3.63, 3.8) is 0 Å². The molecule has 0 rings (SSSR count). The minimum atomic E-state index is -1.15. The van der Waals surface area contributed by atoms with Crippen molar-refractivity contribution in [3.8, 4) is 0 Å². The Morgan fingerprint density at radius 3 is 1.33 bits per heavy atom. The minimum Gasteiger partial charge on any atom is -0.127 e. The number of rotatable bonds is 6. The number of alkyl halides is 2. The predicted octanol–water partition coefficient (Wildman–Crippen LogP) is 3.96. The van der Waals surface area contributed by atoms with E-state index in [1.807, 2.05) is 0 Å². The summed E-state index contributed by atoms with van der Waals surface area (Å²) < 4.78 is 0.